The lowest BCUT2D eigenvalue weighted by atomic mass is 10.1. The van der Waals surface area contributed by atoms with Gasteiger partial charge in [-0.3, -0.25) is 4.98 Å². The Labute approximate surface area is 103 Å². The zero-order valence-corrected chi connectivity index (χ0v) is 11.0. The zero-order chi connectivity index (χ0) is 12.3. The molecule has 94 valence electrons. The first-order valence-electron chi connectivity index (χ1n) is 6.49. The number of rotatable bonds is 4. The Morgan fingerprint density at radius 2 is 2.18 bits per heavy atom. The van der Waals surface area contributed by atoms with Crippen molar-refractivity contribution in [2.24, 2.45) is 5.92 Å². The second-order valence-electron chi connectivity index (χ2n) is 4.99. The van der Waals surface area contributed by atoms with E-state index in [0.717, 1.165) is 37.1 Å². The topological polar surface area (TPSA) is 41.1 Å². The van der Waals surface area contributed by atoms with Gasteiger partial charge in [0.05, 0.1) is 18.1 Å². The van der Waals surface area contributed by atoms with Gasteiger partial charge < -0.3 is 10.2 Å². The molecule has 2 rings (SSSR count). The van der Waals surface area contributed by atoms with Gasteiger partial charge in [0.25, 0.3) is 0 Å². The second kappa shape index (κ2) is 5.45. The molecule has 2 unspecified atom stereocenters. The summed E-state index contributed by atoms with van der Waals surface area (Å²) in [5.74, 6) is 1.77. The first kappa shape index (κ1) is 12.3. The lowest BCUT2D eigenvalue weighted by Gasteiger charge is -2.22. The molecule has 0 bridgehead atoms. The minimum atomic E-state index is 0.582. The van der Waals surface area contributed by atoms with Crippen molar-refractivity contribution in [1.29, 1.82) is 0 Å². The number of anilines is 1. The Kier molecular flexibility index (Phi) is 3.94. The molecule has 4 nitrogen and oxygen atoms in total. The van der Waals surface area contributed by atoms with E-state index in [2.05, 4.69) is 41.0 Å². The van der Waals surface area contributed by atoms with Crippen molar-refractivity contribution in [1.82, 2.24) is 15.3 Å². The number of aromatic nitrogens is 2. The molecule has 1 aromatic rings. The Balaban J connectivity index is 2.02. The van der Waals surface area contributed by atoms with Crippen molar-refractivity contribution in [3.05, 3.63) is 18.1 Å². The van der Waals surface area contributed by atoms with Gasteiger partial charge in [0, 0.05) is 19.1 Å². The third-order valence-electron chi connectivity index (χ3n) is 3.33. The number of nitrogens with one attached hydrogen (secondary N) is 1. The molecular weight excluding hydrogens is 212 g/mol. The van der Waals surface area contributed by atoms with Crippen LogP contribution in [0.1, 0.15) is 32.9 Å². The fourth-order valence-electron chi connectivity index (χ4n) is 2.46. The van der Waals surface area contributed by atoms with Crippen LogP contribution in [0.15, 0.2) is 12.4 Å². The maximum absolute atomic E-state index is 4.52. The molecular formula is C13H22N4. The van der Waals surface area contributed by atoms with Gasteiger partial charge in [-0.25, -0.2) is 4.98 Å². The molecule has 1 fully saturated rings. The van der Waals surface area contributed by atoms with Crippen LogP contribution in [0.3, 0.4) is 0 Å². The molecule has 17 heavy (non-hydrogen) atoms. The van der Waals surface area contributed by atoms with E-state index in [4.69, 9.17) is 0 Å². The lowest BCUT2D eigenvalue weighted by molar-refractivity contribution is 0.625. The molecule has 0 aromatic carbocycles. The Hall–Kier alpha value is -1.16. The highest BCUT2D eigenvalue weighted by Gasteiger charge is 2.26. The molecule has 0 radical (unpaired) electrons. The SMILES string of the molecule is CCNCc1cnc(N2CC(C)CC2C)cn1. The molecule has 2 heterocycles. The first-order valence-corrected chi connectivity index (χ1v) is 6.49. The normalized spacial score (nSPS) is 24.3. The van der Waals surface area contributed by atoms with Gasteiger partial charge in [-0.15, -0.1) is 0 Å². The summed E-state index contributed by atoms with van der Waals surface area (Å²) in [6, 6.07) is 0.582. The lowest BCUT2D eigenvalue weighted by Crippen LogP contribution is -2.27. The van der Waals surface area contributed by atoms with Crippen molar-refractivity contribution in [2.45, 2.75) is 39.8 Å². The van der Waals surface area contributed by atoms with Crippen molar-refractivity contribution in [3.63, 3.8) is 0 Å². The number of nitrogens with zero attached hydrogens (tertiary/aromatic N) is 3. The maximum atomic E-state index is 4.52. The Morgan fingerprint density at radius 1 is 1.35 bits per heavy atom. The largest absolute Gasteiger partial charge is 0.352 e. The highest BCUT2D eigenvalue weighted by atomic mass is 15.2. The summed E-state index contributed by atoms with van der Waals surface area (Å²) in [6.07, 6.45) is 5.04. The highest BCUT2D eigenvalue weighted by Crippen LogP contribution is 2.26. The van der Waals surface area contributed by atoms with E-state index in [1.54, 1.807) is 0 Å². The van der Waals surface area contributed by atoms with Crippen molar-refractivity contribution in [3.8, 4) is 0 Å². The molecule has 1 aliphatic rings. The van der Waals surface area contributed by atoms with E-state index >= 15 is 0 Å². The molecule has 1 aliphatic heterocycles. The molecule has 0 saturated carbocycles. The average Bonchev–Trinajstić information content (AvgIpc) is 2.66. The standard InChI is InChI=1S/C13H22N4/c1-4-14-6-12-7-16-13(8-15-12)17-9-10(2)5-11(17)3/h7-8,10-11,14H,4-6,9H2,1-3H3. The third-order valence-corrected chi connectivity index (χ3v) is 3.33. The van der Waals surface area contributed by atoms with Crippen molar-refractivity contribution < 1.29 is 0 Å². The summed E-state index contributed by atoms with van der Waals surface area (Å²) < 4.78 is 0. The van der Waals surface area contributed by atoms with E-state index in [1.807, 2.05) is 12.4 Å². The molecule has 2 atom stereocenters. The van der Waals surface area contributed by atoms with Crippen molar-refractivity contribution >= 4 is 5.82 Å². The summed E-state index contributed by atoms with van der Waals surface area (Å²) in [5.41, 5.74) is 1.01. The van der Waals surface area contributed by atoms with Crippen LogP contribution in [0.4, 0.5) is 5.82 Å². The van der Waals surface area contributed by atoms with Gasteiger partial charge in [-0.2, -0.15) is 0 Å². The van der Waals surface area contributed by atoms with E-state index < -0.39 is 0 Å². The maximum Gasteiger partial charge on any atom is 0.147 e. The van der Waals surface area contributed by atoms with Gasteiger partial charge in [0.15, 0.2) is 0 Å². The fourth-order valence-corrected chi connectivity index (χ4v) is 2.46. The molecule has 1 N–H and O–H groups in total. The van der Waals surface area contributed by atoms with Gasteiger partial charge in [-0.05, 0) is 25.8 Å². The molecule has 0 aliphatic carbocycles. The quantitative estimate of drug-likeness (QED) is 0.863. The summed E-state index contributed by atoms with van der Waals surface area (Å²) in [6.45, 7) is 9.51. The van der Waals surface area contributed by atoms with Crippen LogP contribution in [0.25, 0.3) is 0 Å². The van der Waals surface area contributed by atoms with E-state index in [-0.39, 0.29) is 0 Å². The van der Waals surface area contributed by atoms with E-state index in [9.17, 15) is 0 Å². The van der Waals surface area contributed by atoms with Gasteiger partial charge in [0.2, 0.25) is 0 Å². The van der Waals surface area contributed by atoms with E-state index in [1.165, 1.54) is 6.42 Å². The zero-order valence-electron chi connectivity index (χ0n) is 11.0. The summed E-state index contributed by atoms with van der Waals surface area (Å²) >= 11 is 0. The first-order chi connectivity index (χ1) is 8.20. The minimum absolute atomic E-state index is 0.582. The monoisotopic (exact) mass is 234 g/mol. The number of hydrogen-bond acceptors (Lipinski definition) is 4. The molecule has 4 heteroatoms. The van der Waals surface area contributed by atoms with Gasteiger partial charge >= 0.3 is 0 Å². The van der Waals surface area contributed by atoms with Crippen LogP contribution >= 0.6 is 0 Å². The predicted octanol–water partition coefficient (Wildman–Crippen LogP) is 1.82. The summed E-state index contributed by atoms with van der Waals surface area (Å²) in [4.78, 5) is 11.3. The van der Waals surface area contributed by atoms with Crippen LogP contribution in [0.5, 0.6) is 0 Å². The average molecular weight is 234 g/mol. The van der Waals surface area contributed by atoms with Crippen LogP contribution in [-0.2, 0) is 6.54 Å². The molecule has 0 spiro atoms. The molecule has 0 amide bonds. The minimum Gasteiger partial charge on any atom is -0.352 e. The molecule has 1 saturated heterocycles. The summed E-state index contributed by atoms with van der Waals surface area (Å²) in [7, 11) is 0. The number of hydrogen-bond donors (Lipinski definition) is 1. The Morgan fingerprint density at radius 3 is 2.71 bits per heavy atom. The molecule has 1 aromatic heterocycles. The van der Waals surface area contributed by atoms with Crippen LogP contribution in [0, 0.1) is 5.92 Å². The fraction of sp³-hybridized carbons (Fsp3) is 0.692. The van der Waals surface area contributed by atoms with Crippen LogP contribution in [0.2, 0.25) is 0 Å². The summed E-state index contributed by atoms with van der Waals surface area (Å²) in [5, 5.41) is 3.25. The van der Waals surface area contributed by atoms with Crippen molar-refractivity contribution in [2.75, 3.05) is 18.0 Å². The highest BCUT2D eigenvalue weighted by molar-refractivity contribution is 5.38. The predicted molar refractivity (Wildman–Crippen MR) is 70.0 cm³/mol. The Bertz CT molecular complexity index is 349. The van der Waals surface area contributed by atoms with Gasteiger partial charge in [0.1, 0.15) is 5.82 Å². The van der Waals surface area contributed by atoms with Crippen LogP contribution < -0.4 is 10.2 Å². The van der Waals surface area contributed by atoms with Crippen LogP contribution in [-0.4, -0.2) is 29.1 Å². The smallest absolute Gasteiger partial charge is 0.147 e. The third kappa shape index (κ3) is 2.94. The van der Waals surface area contributed by atoms with Gasteiger partial charge in [-0.1, -0.05) is 13.8 Å². The van der Waals surface area contributed by atoms with E-state index in [0.29, 0.717) is 6.04 Å². The second-order valence-corrected chi connectivity index (χ2v) is 4.99.